The number of anilines is 1. The van der Waals surface area contributed by atoms with Gasteiger partial charge in [-0.3, -0.25) is 0 Å². The highest BCUT2D eigenvalue weighted by molar-refractivity contribution is 9.10. The molecule has 7 heteroatoms. The van der Waals surface area contributed by atoms with Crippen LogP contribution in [0.25, 0.3) is 0 Å². The molecule has 0 spiro atoms. The molecule has 0 aliphatic carbocycles. The third-order valence-corrected chi connectivity index (χ3v) is 3.44. The van der Waals surface area contributed by atoms with Crippen molar-refractivity contribution in [3.63, 3.8) is 0 Å². The molecule has 1 N–H and O–H groups in total. The summed E-state index contributed by atoms with van der Waals surface area (Å²) in [5.74, 6) is 0.495. The van der Waals surface area contributed by atoms with Gasteiger partial charge in [0.1, 0.15) is 0 Å². The average molecular weight is 346 g/mol. The molecule has 0 saturated heterocycles. The third kappa shape index (κ3) is 3.83. The van der Waals surface area contributed by atoms with Crippen LogP contribution in [-0.4, -0.2) is 21.5 Å². The molecule has 0 saturated carbocycles. The largest absolute Gasteiger partial charge is 0.354 e. The molecule has 0 radical (unpaired) electrons. The van der Waals surface area contributed by atoms with Crippen LogP contribution in [0.3, 0.4) is 0 Å². The van der Waals surface area contributed by atoms with Gasteiger partial charge in [-0.15, -0.1) is 0 Å². The molecule has 2 aromatic rings. The van der Waals surface area contributed by atoms with E-state index in [0.717, 1.165) is 15.9 Å². The minimum atomic E-state index is 0.193. The van der Waals surface area contributed by atoms with Crippen molar-refractivity contribution in [1.29, 1.82) is 0 Å². The Hall–Kier alpha value is -0.850. The maximum Gasteiger partial charge on any atom is 0.228 e. The molecule has 1 aromatic carbocycles. The second-order valence-corrected chi connectivity index (χ2v) is 5.59. The summed E-state index contributed by atoms with van der Waals surface area (Å²) in [4.78, 5) is 13.4. The number of aromatic nitrogens is 3. The lowest BCUT2D eigenvalue weighted by Gasteiger charge is -2.04. The van der Waals surface area contributed by atoms with Crippen LogP contribution in [0.5, 0.6) is 0 Å². The minimum Gasteiger partial charge on any atom is -0.354 e. The summed E-state index contributed by atoms with van der Waals surface area (Å²) < 4.78 is 1.01. The molecule has 0 atom stereocenters. The van der Waals surface area contributed by atoms with Crippen LogP contribution >= 0.6 is 39.3 Å². The molecule has 1 aromatic heterocycles. The van der Waals surface area contributed by atoms with Gasteiger partial charge >= 0.3 is 0 Å². The van der Waals surface area contributed by atoms with Crippen LogP contribution in [0.1, 0.15) is 6.92 Å². The number of halogens is 2. The van der Waals surface area contributed by atoms with Crippen LogP contribution in [0.15, 0.2) is 38.8 Å². The summed E-state index contributed by atoms with van der Waals surface area (Å²) in [6, 6.07) is 7.91. The highest BCUT2D eigenvalue weighted by Crippen LogP contribution is 2.27. The summed E-state index contributed by atoms with van der Waals surface area (Å²) in [6.07, 6.45) is 0. The molecule has 0 unspecified atom stereocenters. The lowest BCUT2D eigenvalue weighted by atomic mass is 10.4. The van der Waals surface area contributed by atoms with E-state index in [1.54, 1.807) is 0 Å². The SMILES string of the molecule is CCNc1nc(Cl)nc(Sc2cccc(Br)c2)n1. The van der Waals surface area contributed by atoms with Gasteiger partial charge in [0.25, 0.3) is 0 Å². The molecule has 0 bridgehead atoms. The number of hydrogen-bond acceptors (Lipinski definition) is 5. The van der Waals surface area contributed by atoms with Gasteiger partial charge in [0, 0.05) is 15.9 Å². The summed E-state index contributed by atoms with van der Waals surface area (Å²) >= 11 is 10.7. The van der Waals surface area contributed by atoms with Crippen molar-refractivity contribution in [2.75, 3.05) is 11.9 Å². The standard InChI is InChI=1S/C11H10BrClN4S/c1-2-14-10-15-9(13)16-11(17-10)18-8-5-3-4-7(12)6-8/h3-6H,2H2,1H3,(H,14,15,16,17). The van der Waals surface area contributed by atoms with Gasteiger partial charge in [0.2, 0.25) is 11.2 Å². The first-order valence-electron chi connectivity index (χ1n) is 5.26. The number of hydrogen-bond donors (Lipinski definition) is 1. The number of rotatable bonds is 4. The van der Waals surface area contributed by atoms with Gasteiger partial charge < -0.3 is 5.32 Å². The quantitative estimate of drug-likeness (QED) is 0.911. The second-order valence-electron chi connectivity index (χ2n) is 3.30. The Kier molecular flexibility index (Phi) is 4.79. The molecule has 2 rings (SSSR count). The van der Waals surface area contributed by atoms with Crippen molar-refractivity contribution < 1.29 is 0 Å². The topological polar surface area (TPSA) is 50.7 Å². The highest BCUT2D eigenvalue weighted by Gasteiger charge is 2.06. The fraction of sp³-hybridized carbons (Fsp3) is 0.182. The van der Waals surface area contributed by atoms with E-state index in [0.29, 0.717) is 11.1 Å². The van der Waals surface area contributed by atoms with Crippen LogP contribution in [-0.2, 0) is 0 Å². The fourth-order valence-electron chi connectivity index (χ4n) is 1.25. The molecular formula is C11H10BrClN4S. The normalized spacial score (nSPS) is 10.4. The summed E-state index contributed by atoms with van der Waals surface area (Å²) in [6.45, 7) is 2.71. The predicted molar refractivity (Wildman–Crippen MR) is 77.3 cm³/mol. The summed E-state index contributed by atoms with van der Waals surface area (Å²) in [5, 5.41) is 3.78. The van der Waals surface area contributed by atoms with Crippen molar-refractivity contribution in [3.8, 4) is 0 Å². The Labute approximate surface area is 123 Å². The second kappa shape index (κ2) is 6.36. The molecule has 0 amide bonds. The zero-order valence-corrected chi connectivity index (χ0v) is 12.7. The number of benzene rings is 1. The van der Waals surface area contributed by atoms with E-state index >= 15 is 0 Å². The van der Waals surface area contributed by atoms with E-state index in [-0.39, 0.29) is 5.28 Å². The van der Waals surface area contributed by atoms with Gasteiger partial charge in [0.05, 0.1) is 0 Å². The van der Waals surface area contributed by atoms with Crippen molar-refractivity contribution in [2.24, 2.45) is 0 Å². The fourth-order valence-corrected chi connectivity index (χ4v) is 2.82. The lowest BCUT2D eigenvalue weighted by Crippen LogP contribution is -2.04. The van der Waals surface area contributed by atoms with Crippen LogP contribution in [0.2, 0.25) is 5.28 Å². The maximum absolute atomic E-state index is 5.86. The molecule has 0 aliphatic heterocycles. The average Bonchev–Trinajstić information content (AvgIpc) is 2.28. The van der Waals surface area contributed by atoms with Crippen LogP contribution < -0.4 is 5.32 Å². The van der Waals surface area contributed by atoms with E-state index in [1.165, 1.54) is 11.8 Å². The Bertz CT molecular complexity index is 552. The van der Waals surface area contributed by atoms with Crippen LogP contribution in [0.4, 0.5) is 5.95 Å². The molecule has 0 aliphatic rings. The third-order valence-electron chi connectivity index (χ3n) is 1.93. The Morgan fingerprint density at radius 3 is 2.89 bits per heavy atom. The van der Waals surface area contributed by atoms with E-state index in [9.17, 15) is 0 Å². The van der Waals surface area contributed by atoms with Crippen molar-refractivity contribution in [1.82, 2.24) is 15.0 Å². The smallest absolute Gasteiger partial charge is 0.228 e. The molecular weight excluding hydrogens is 336 g/mol. The zero-order chi connectivity index (χ0) is 13.0. The Morgan fingerprint density at radius 2 is 2.17 bits per heavy atom. The van der Waals surface area contributed by atoms with Gasteiger partial charge in [-0.1, -0.05) is 22.0 Å². The van der Waals surface area contributed by atoms with Crippen molar-refractivity contribution in [2.45, 2.75) is 17.0 Å². The van der Waals surface area contributed by atoms with Gasteiger partial charge in [-0.25, -0.2) is 0 Å². The van der Waals surface area contributed by atoms with Gasteiger partial charge in [-0.05, 0) is 48.5 Å². The molecule has 1 heterocycles. The predicted octanol–water partition coefficient (Wildman–Crippen LogP) is 3.87. The highest BCUT2D eigenvalue weighted by atomic mass is 79.9. The first-order valence-corrected chi connectivity index (χ1v) is 7.25. The first kappa shape index (κ1) is 13.6. The monoisotopic (exact) mass is 344 g/mol. The first-order chi connectivity index (χ1) is 8.67. The van der Waals surface area contributed by atoms with Gasteiger partial charge in [0.15, 0.2) is 5.16 Å². The van der Waals surface area contributed by atoms with E-state index in [1.807, 2.05) is 31.2 Å². The number of nitrogens with one attached hydrogen (secondary N) is 1. The molecule has 18 heavy (non-hydrogen) atoms. The Morgan fingerprint density at radius 1 is 1.33 bits per heavy atom. The molecule has 4 nitrogen and oxygen atoms in total. The van der Waals surface area contributed by atoms with Gasteiger partial charge in [-0.2, -0.15) is 15.0 Å². The van der Waals surface area contributed by atoms with E-state index < -0.39 is 0 Å². The number of nitrogens with zero attached hydrogens (tertiary/aromatic N) is 3. The maximum atomic E-state index is 5.86. The van der Waals surface area contributed by atoms with E-state index in [2.05, 4.69) is 36.2 Å². The minimum absolute atomic E-state index is 0.193. The molecule has 0 fully saturated rings. The van der Waals surface area contributed by atoms with E-state index in [4.69, 9.17) is 11.6 Å². The lowest BCUT2D eigenvalue weighted by molar-refractivity contribution is 0.898. The Balaban J connectivity index is 2.23. The van der Waals surface area contributed by atoms with Crippen molar-refractivity contribution >= 4 is 45.2 Å². The van der Waals surface area contributed by atoms with Crippen LogP contribution in [0, 0.1) is 0 Å². The summed E-state index contributed by atoms with van der Waals surface area (Å²) in [5.41, 5.74) is 0. The zero-order valence-electron chi connectivity index (χ0n) is 9.52. The van der Waals surface area contributed by atoms with Crippen molar-refractivity contribution in [3.05, 3.63) is 34.0 Å². The molecule has 94 valence electrons. The summed E-state index contributed by atoms with van der Waals surface area (Å²) in [7, 11) is 0.